The van der Waals surface area contributed by atoms with Crippen molar-refractivity contribution in [1.82, 2.24) is 0 Å². The van der Waals surface area contributed by atoms with Crippen LogP contribution in [0.1, 0.15) is 36.8 Å². The Morgan fingerprint density at radius 2 is 2.13 bits per heavy atom. The molecule has 1 aromatic rings. The number of hydrogen-bond acceptors (Lipinski definition) is 1. The van der Waals surface area contributed by atoms with E-state index in [2.05, 4.69) is 0 Å². The topological polar surface area (TPSA) is 26.0 Å². The van der Waals surface area contributed by atoms with Crippen LogP contribution in [0.3, 0.4) is 0 Å². The minimum absolute atomic E-state index is 0.140. The Kier molecular flexibility index (Phi) is 2.79. The van der Waals surface area contributed by atoms with Gasteiger partial charge in [-0.05, 0) is 61.4 Å². The predicted octanol–water partition coefficient (Wildman–Crippen LogP) is 2.90. The highest BCUT2D eigenvalue weighted by Crippen LogP contribution is 2.47. The molecule has 0 unspecified atom stereocenters. The number of rotatable bonds is 3. The molecule has 0 radical (unpaired) electrons. The fraction of sp³-hybridized carbons (Fsp3) is 0.538. The van der Waals surface area contributed by atoms with Gasteiger partial charge in [0.05, 0.1) is 0 Å². The van der Waals surface area contributed by atoms with Crippen molar-refractivity contribution < 1.29 is 4.39 Å². The summed E-state index contributed by atoms with van der Waals surface area (Å²) in [4.78, 5) is 0. The van der Waals surface area contributed by atoms with E-state index in [-0.39, 0.29) is 11.2 Å². The third-order valence-electron chi connectivity index (χ3n) is 3.69. The van der Waals surface area contributed by atoms with Crippen LogP contribution in [0.15, 0.2) is 18.2 Å². The quantitative estimate of drug-likeness (QED) is 0.810. The summed E-state index contributed by atoms with van der Waals surface area (Å²) in [7, 11) is 0. The second-order valence-corrected chi connectivity index (χ2v) is 4.63. The number of hydrogen-bond donors (Lipinski definition) is 1. The van der Waals surface area contributed by atoms with Gasteiger partial charge in [0.2, 0.25) is 0 Å². The molecule has 1 nitrogen and oxygen atoms in total. The molecule has 0 aliphatic heterocycles. The van der Waals surface area contributed by atoms with Gasteiger partial charge in [-0.2, -0.15) is 0 Å². The summed E-state index contributed by atoms with van der Waals surface area (Å²) >= 11 is 0. The first-order valence-electron chi connectivity index (χ1n) is 5.65. The summed E-state index contributed by atoms with van der Waals surface area (Å²) in [5.41, 5.74) is 8.30. The van der Waals surface area contributed by atoms with E-state index < -0.39 is 0 Å². The smallest absolute Gasteiger partial charge is 0.123 e. The van der Waals surface area contributed by atoms with Crippen molar-refractivity contribution in [3.8, 4) is 0 Å². The fourth-order valence-corrected chi connectivity index (χ4v) is 2.76. The minimum Gasteiger partial charge on any atom is -0.330 e. The zero-order valence-electron chi connectivity index (χ0n) is 9.22. The van der Waals surface area contributed by atoms with E-state index in [0.29, 0.717) is 0 Å². The average Bonchev–Trinajstić information content (AvgIpc) is 2.12. The maximum atomic E-state index is 13.0. The Bertz CT molecular complexity index is 356. The van der Waals surface area contributed by atoms with E-state index >= 15 is 0 Å². The normalized spacial score (nSPS) is 18.6. The lowest BCUT2D eigenvalue weighted by Gasteiger charge is -2.43. The van der Waals surface area contributed by atoms with Gasteiger partial charge in [-0.15, -0.1) is 0 Å². The minimum atomic E-state index is -0.140. The van der Waals surface area contributed by atoms with Crippen molar-refractivity contribution in [2.24, 2.45) is 5.73 Å². The van der Waals surface area contributed by atoms with Crippen LogP contribution in [0.25, 0.3) is 0 Å². The summed E-state index contributed by atoms with van der Waals surface area (Å²) in [6, 6.07) is 5.14. The van der Waals surface area contributed by atoms with E-state index in [1.807, 2.05) is 13.0 Å². The zero-order valence-corrected chi connectivity index (χ0v) is 9.22. The monoisotopic (exact) mass is 207 g/mol. The molecule has 1 aromatic carbocycles. The van der Waals surface area contributed by atoms with Crippen LogP contribution in [0.4, 0.5) is 4.39 Å². The molecular formula is C13H18FN. The Labute approximate surface area is 90.5 Å². The van der Waals surface area contributed by atoms with Crippen LogP contribution in [0.5, 0.6) is 0 Å². The third kappa shape index (κ3) is 1.78. The van der Waals surface area contributed by atoms with Crippen molar-refractivity contribution in [3.63, 3.8) is 0 Å². The predicted molar refractivity (Wildman–Crippen MR) is 60.3 cm³/mol. The molecule has 1 fully saturated rings. The van der Waals surface area contributed by atoms with Gasteiger partial charge in [0.15, 0.2) is 0 Å². The van der Waals surface area contributed by atoms with Crippen LogP contribution in [-0.4, -0.2) is 6.54 Å². The summed E-state index contributed by atoms with van der Waals surface area (Å²) in [5.74, 6) is -0.140. The van der Waals surface area contributed by atoms with Crippen molar-refractivity contribution in [2.45, 2.75) is 38.0 Å². The van der Waals surface area contributed by atoms with Gasteiger partial charge in [0.1, 0.15) is 5.82 Å². The average molecular weight is 207 g/mol. The van der Waals surface area contributed by atoms with Gasteiger partial charge in [0.25, 0.3) is 0 Å². The second kappa shape index (κ2) is 3.93. The molecule has 0 aromatic heterocycles. The van der Waals surface area contributed by atoms with Crippen LogP contribution in [0, 0.1) is 12.7 Å². The van der Waals surface area contributed by atoms with Crippen molar-refractivity contribution in [3.05, 3.63) is 35.1 Å². The number of benzene rings is 1. The molecule has 0 atom stereocenters. The zero-order chi connectivity index (χ0) is 10.9. The highest BCUT2D eigenvalue weighted by molar-refractivity contribution is 5.35. The standard InChI is InChI=1S/C13H18FN/c1-10-9-11(14)3-4-12(10)13(7-8-15)5-2-6-13/h3-4,9H,2,5-8,15H2,1H3. The van der Waals surface area contributed by atoms with E-state index in [1.54, 1.807) is 12.1 Å². The van der Waals surface area contributed by atoms with E-state index in [4.69, 9.17) is 5.73 Å². The molecule has 0 amide bonds. The lowest BCUT2D eigenvalue weighted by molar-refractivity contribution is 0.228. The summed E-state index contributed by atoms with van der Waals surface area (Å²) < 4.78 is 13.0. The Hall–Kier alpha value is -0.890. The number of halogens is 1. The highest BCUT2D eigenvalue weighted by atomic mass is 19.1. The molecule has 1 aliphatic carbocycles. The number of aryl methyl sites for hydroxylation is 1. The van der Waals surface area contributed by atoms with E-state index in [1.165, 1.54) is 24.8 Å². The summed E-state index contributed by atoms with van der Waals surface area (Å²) in [6.45, 7) is 2.71. The molecule has 2 heteroatoms. The highest BCUT2D eigenvalue weighted by Gasteiger charge is 2.38. The molecule has 15 heavy (non-hydrogen) atoms. The molecular weight excluding hydrogens is 189 g/mol. The summed E-state index contributed by atoms with van der Waals surface area (Å²) in [5, 5.41) is 0. The van der Waals surface area contributed by atoms with Crippen molar-refractivity contribution >= 4 is 0 Å². The second-order valence-electron chi connectivity index (χ2n) is 4.63. The molecule has 0 heterocycles. The first-order valence-corrected chi connectivity index (χ1v) is 5.65. The molecule has 0 bridgehead atoms. The van der Waals surface area contributed by atoms with Crippen molar-refractivity contribution in [1.29, 1.82) is 0 Å². The maximum absolute atomic E-state index is 13.0. The van der Waals surface area contributed by atoms with Gasteiger partial charge >= 0.3 is 0 Å². The van der Waals surface area contributed by atoms with Crippen LogP contribution in [0.2, 0.25) is 0 Å². The summed E-state index contributed by atoms with van der Waals surface area (Å²) in [6.07, 6.45) is 4.71. The Balaban J connectivity index is 2.34. The molecule has 1 aliphatic rings. The third-order valence-corrected chi connectivity index (χ3v) is 3.69. The largest absolute Gasteiger partial charge is 0.330 e. The van der Waals surface area contributed by atoms with Gasteiger partial charge in [-0.3, -0.25) is 0 Å². The van der Waals surface area contributed by atoms with Gasteiger partial charge in [-0.25, -0.2) is 4.39 Å². The lowest BCUT2D eigenvalue weighted by Crippen LogP contribution is -2.37. The van der Waals surface area contributed by atoms with Crippen LogP contribution in [-0.2, 0) is 5.41 Å². The Morgan fingerprint density at radius 3 is 2.60 bits per heavy atom. The van der Waals surface area contributed by atoms with Gasteiger partial charge < -0.3 is 5.73 Å². The van der Waals surface area contributed by atoms with E-state index in [9.17, 15) is 4.39 Å². The SMILES string of the molecule is Cc1cc(F)ccc1C1(CCN)CCC1. The molecule has 2 N–H and O–H groups in total. The lowest BCUT2D eigenvalue weighted by atomic mass is 9.61. The number of nitrogens with two attached hydrogens (primary N) is 1. The van der Waals surface area contributed by atoms with Gasteiger partial charge in [-0.1, -0.05) is 12.5 Å². The molecule has 2 rings (SSSR count). The van der Waals surface area contributed by atoms with E-state index in [0.717, 1.165) is 18.5 Å². The Morgan fingerprint density at radius 1 is 1.40 bits per heavy atom. The van der Waals surface area contributed by atoms with Crippen LogP contribution >= 0.6 is 0 Å². The van der Waals surface area contributed by atoms with Crippen molar-refractivity contribution in [2.75, 3.05) is 6.54 Å². The molecule has 1 saturated carbocycles. The molecule has 82 valence electrons. The van der Waals surface area contributed by atoms with Gasteiger partial charge in [0, 0.05) is 0 Å². The first-order chi connectivity index (χ1) is 7.18. The fourth-order valence-electron chi connectivity index (χ4n) is 2.76. The molecule has 0 spiro atoms. The molecule has 0 saturated heterocycles. The first kappa shape index (κ1) is 10.6. The van der Waals surface area contributed by atoms with Crippen LogP contribution < -0.4 is 5.73 Å². The maximum Gasteiger partial charge on any atom is 0.123 e.